The minimum Gasteiger partial charge on any atom is -0.342 e. The molecule has 2 fully saturated rings. The van der Waals surface area contributed by atoms with Crippen LogP contribution < -0.4 is 0 Å². The van der Waals surface area contributed by atoms with Crippen LogP contribution in [0.25, 0.3) is 0 Å². The third-order valence-electron chi connectivity index (χ3n) is 4.93. The monoisotopic (exact) mass is 318 g/mol. The van der Waals surface area contributed by atoms with E-state index in [0.717, 1.165) is 39.0 Å². The molecule has 126 valence electrons. The predicted molar refractivity (Wildman–Crippen MR) is 88.0 cm³/mol. The summed E-state index contributed by atoms with van der Waals surface area (Å²) in [6.07, 6.45) is 6.11. The maximum Gasteiger partial charge on any atom is 0.245 e. The van der Waals surface area contributed by atoms with E-state index in [1.165, 1.54) is 0 Å². The average molecular weight is 318 g/mol. The zero-order valence-electron chi connectivity index (χ0n) is 13.9. The fourth-order valence-corrected chi connectivity index (χ4v) is 3.38. The van der Waals surface area contributed by atoms with Crippen LogP contribution in [0, 0.1) is 0 Å². The van der Waals surface area contributed by atoms with Crippen LogP contribution in [0.2, 0.25) is 0 Å². The van der Waals surface area contributed by atoms with Crippen molar-refractivity contribution in [3.8, 4) is 0 Å². The molecule has 23 heavy (non-hydrogen) atoms. The molecule has 2 aliphatic heterocycles. The third-order valence-corrected chi connectivity index (χ3v) is 4.93. The average Bonchev–Trinajstić information content (AvgIpc) is 3.27. The smallest absolute Gasteiger partial charge is 0.245 e. The van der Waals surface area contributed by atoms with Crippen LogP contribution in [-0.2, 0) is 9.59 Å². The Morgan fingerprint density at radius 2 is 1.52 bits per heavy atom. The molecule has 6 nitrogen and oxygen atoms in total. The number of nitrogens with zero attached hydrogens (tertiary/aromatic N) is 4. The highest BCUT2D eigenvalue weighted by molar-refractivity contribution is 5.80. The molecule has 1 aromatic heterocycles. The number of carbonyl (C=O) groups excluding carboxylic acids is 2. The van der Waals surface area contributed by atoms with Gasteiger partial charge in [0.25, 0.3) is 0 Å². The second kappa shape index (κ2) is 7.17. The molecule has 1 atom stereocenters. The molecular weight excluding hydrogens is 292 g/mol. The number of hydrogen-bond donors (Lipinski definition) is 0. The lowest BCUT2D eigenvalue weighted by atomic mass is 10.2. The van der Waals surface area contributed by atoms with Gasteiger partial charge in [0.15, 0.2) is 0 Å². The lowest BCUT2D eigenvalue weighted by Crippen LogP contribution is -2.52. The Morgan fingerprint density at radius 3 is 2.13 bits per heavy atom. The molecule has 3 rings (SSSR count). The van der Waals surface area contributed by atoms with Crippen LogP contribution in [-0.4, -0.2) is 76.9 Å². The summed E-state index contributed by atoms with van der Waals surface area (Å²) in [6.45, 7) is 7.22. The van der Waals surface area contributed by atoms with Crippen LogP contribution in [0.5, 0.6) is 0 Å². The van der Waals surface area contributed by atoms with Gasteiger partial charge in [-0.3, -0.25) is 14.5 Å². The standard InChI is InChI=1S/C17H26N4O2/c1-15(19-6-2-3-7-19)17(23)21-12-10-18(11-13-21)14-16(22)20-8-4-5-9-20/h2-3,6-7,15H,4-5,8-14H2,1H3. The molecule has 2 saturated heterocycles. The first-order valence-corrected chi connectivity index (χ1v) is 8.56. The van der Waals surface area contributed by atoms with E-state index >= 15 is 0 Å². The van der Waals surface area contributed by atoms with Crippen LogP contribution in [0.4, 0.5) is 0 Å². The molecular formula is C17H26N4O2. The van der Waals surface area contributed by atoms with Crippen molar-refractivity contribution < 1.29 is 9.59 Å². The van der Waals surface area contributed by atoms with Crippen LogP contribution in [0.3, 0.4) is 0 Å². The third kappa shape index (κ3) is 3.75. The quantitative estimate of drug-likeness (QED) is 0.826. The van der Waals surface area contributed by atoms with Crippen molar-refractivity contribution in [3.63, 3.8) is 0 Å². The van der Waals surface area contributed by atoms with E-state index in [9.17, 15) is 9.59 Å². The molecule has 0 bridgehead atoms. The van der Waals surface area contributed by atoms with Crippen molar-refractivity contribution in [2.24, 2.45) is 0 Å². The number of amides is 2. The van der Waals surface area contributed by atoms with Gasteiger partial charge in [-0.25, -0.2) is 0 Å². The Bertz CT molecular complexity index is 529. The summed E-state index contributed by atoms with van der Waals surface area (Å²) >= 11 is 0. The fourth-order valence-electron chi connectivity index (χ4n) is 3.38. The van der Waals surface area contributed by atoms with E-state index in [0.29, 0.717) is 19.6 Å². The maximum atomic E-state index is 12.5. The van der Waals surface area contributed by atoms with Gasteiger partial charge in [-0.1, -0.05) is 0 Å². The molecule has 0 spiro atoms. The largest absolute Gasteiger partial charge is 0.342 e. The Balaban J connectivity index is 1.46. The SMILES string of the molecule is CC(C(=O)N1CCN(CC(=O)N2CCCC2)CC1)n1cccc1. The summed E-state index contributed by atoms with van der Waals surface area (Å²) < 4.78 is 1.94. The number of hydrogen-bond acceptors (Lipinski definition) is 3. The van der Waals surface area contributed by atoms with Gasteiger partial charge in [0.1, 0.15) is 6.04 Å². The molecule has 0 N–H and O–H groups in total. The topological polar surface area (TPSA) is 48.8 Å². The first-order chi connectivity index (χ1) is 11.1. The maximum absolute atomic E-state index is 12.5. The second-order valence-electron chi connectivity index (χ2n) is 6.50. The van der Waals surface area contributed by atoms with Crippen molar-refractivity contribution >= 4 is 11.8 Å². The fraction of sp³-hybridized carbons (Fsp3) is 0.647. The number of carbonyl (C=O) groups is 2. The minimum absolute atomic E-state index is 0.159. The first kappa shape index (κ1) is 16.1. The van der Waals surface area contributed by atoms with Crippen molar-refractivity contribution in [2.75, 3.05) is 45.8 Å². The summed E-state index contributed by atoms with van der Waals surface area (Å²) in [5.41, 5.74) is 0. The summed E-state index contributed by atoms with van der Waals surface area (Å²) in [4.78, 5) is 30.8. The lowest BCUT2D eigenvalue weighted by molar-refractivity contribution is -0.137. The number of piperazine rings is 1. The molecule has 2 aliphatic rings. The molecule has 2 amide bonds. The summed E-state index contributed by atoms with van der Waals surface area (Å²) in [5, 5.41) is 0. The van der Waals surface area contributed by atoms with E-state index in [2.05, 4.69) is 4.90 Å². The zero-order valence-corrected chi connectivity index (χ0v) is 13.9. The van der Waals surface area contributed by atoms with Gasteiger partial charge in [-0.15, -0.1) is 0 Å². The first-order valence-electron chi connectivity index (χ1n) is 8.56. The van der Waals surface area contributed by atoms with Crippen molar-refractivity contribution in [1.29, 1.82) is 0 Å². The molecule has 1 aromatic rings. The van der Waals surface area contributed by atoms with Crippen LogP contribution in [0.1, 0.15) is 25.8 Å². The van der Waals surface area contributed by atoms with Crippen LogP contribution in [0.15, 0.2) is 24.5 Å². The van der Waals surface area contributed by atoms with E-state index < -0.39 is 0 Å². The lowest BCUT2D eigenvalue weighted by Gasteiger charge is -2.36. The Hall–Kier alpha value is -1.82. The van der Waals surface area contributed by atoms with Gasteiger partial charge in [-0.2, -0.15) is 0 Å². The van der Waals surface area contributed by atoms with Gasteiger partial charge in [-0.05, 0) is 31.9 Å². The predicted octanol–water partition coefficient (Wildman–Crippen LogP) is 0.816. The second-order valence-corrected chi connectivity index (χ2v) is 6.50. The minimum atomic E-state index is -0.164. The number of likely N-dealkylation sites (tertiary alicyclic amines) is 1. The van der Waals surface area contributed by atoms with Crippen molar-refractivity contribution in [1.82, 2.24) is 19.3 Å². The van der Waals surface area contributed by atoms with Crippen molar-refractivity contribution in [2.45, 2.75) is 25.8 Å². The van der Waals surface area contributed by atoms with E-state index in [-0.39, 0.29) is 17.9 Å². The summed E-state index contributed by atoms with van der Waals surface area (Å²) in [7, 11) is 0. The van der Waals surface area contributed by atoms with E-state index in [1.54, 1.807) is 0 Å². The highest BCUT2D eigenvalue weighted by atomic mass is 16.2. The molecule has 0 saturated carbocycles. The van der Waals surface area contributed by atoms with Gasteiger partial charge in [0.05, 0.1) is 6.54 Å². The number of rotatable bonds is 4. The summed E-state index contributed by atoms with van der Waals surface area (Å²) in [6, 6.07) is 3.71. The van der Waals surface area contributed by atoms with Gasteiger partial charge in [0.2, 0.25) is 11.8 Å². The van der Waals surface area contributed by atoms with Gasteiger partial charge >= 0.3 is 0 Å². The Morgan fingerprint density at radius 1 is 0.913 bits per heavy atom. The molecule has 6 heteroatoms. The summed E-state index contributed by atoms with van der Waals surface area (Å²) in [5.74, 6) is 0.398. The molecule has 0 aromatic carbocycles. The molecule has 0 aliphatic carbocycles. The Kier molecular flexibility index (Phi) is 5.00. The van der Waals surface area contributed by atoms with E-state index in [1.807, 2.05) is 45.8 Å². The van der Waals surface area contributed by atoms with Crippen molar-refractivity contribution in [3.05, 3.63) is 24.5 Å². The van der Waals surface area contributed by atoms with Gasteiger partial charge in [0, 0.05) is 51.7 Å². The molecule has 1 unspecified atom stereocenters. The Labute approximate surface area is 137 Å². The normalized spacial score (nSPS) is 20.7. The van der Waals surface area contributed by atoms with Crippen LogP contribution >= 0.6 is 0 Å². The highest BCUT2D eigenvalue weighted by Crippen LogP contribution is 2.13. The molecule has 3 heterocycles. The zero-order chi connectivity index (χ0) is 16.2. The van der Waals surface area contributed by atoms with E-state index in [4.69, 9.17) is 0 Å². The highest BCUT2D eigenvalue weighted by Gasteiger charge is 2.27. The van der Waals surface area contributed by atoms with Gasteiger partial charge < -0.3 is 14.4 Å². The molecule has 0 radical (unpaired) electrons. The number of aromatic nitrogens is 1.